The lowest BCUT2D eigenvalue weighted by Gasteiger charge is -2.33. The Morgan fingerprint density at radius 3 is 1.75 bits per heavy atom. The first-order valence-corrected chi connectivity index (χ1v) is 5.81. The molecule has 0 aliphatic rings. The average molecular weight is 311 g/mol. The fourth-order valence-electron chi connectivity index (χ4n) is 0.948. The van der Waals surface area contributed by atoms with E-state index in [0.29, 0.717) is 6.92 Å². The van der Waals surface area contributed by atoms with E-state index in [2.05, 4.69) is 4.74 Å². The third kappa shape index (κ3) is 6.76. The van der Waals surface area contributed by atoms with Gasteiger partial charge >= 0.3 is 0 Å². The summed E-state index contributed by atoms with van der Waals surface area (Å²) in [6.07, 6.45) is 0. The van der Waals surface area contributed by atoms with Gasteiger partial charge in [-0.25, -0.2) is 26.3 Å². The summed E-state index contributed by atoms with van der Waals surface area (Å²) in [5.74, 6) is -10.4. The number of aliphatic hydroxyl groups is 1. The quantitative estimate of drug-likeness (QED) is 0.642. The van der Waals surface area contributed by atoms with Gasteiger partial charge in [-0.2, -0.15) is 0 Å². The van der Waals surface area contributed by atoms with E-state index in [1.54, 1.807) is 5.32 Å². The second-order valence-electron chi connectivity index (χ2n) is 5.16. The van der Waals surface area contributed by atoms with Gasteiger partial charge in [-0.1, -0.05) is 0 Å². The lowest BCUT2D eigenvalue weighted by atomic mass is 10.0. The van der Waals surface area contributed by atoms with Crippen LogP contribution in [0.3, 0.4) is 0 Å². The van der Waals surface area contributed by atoms with E-state index in [4.69, 9.17) is 5.11 Å². The first-order valence-electron chi connectivity index (χ1n) is 5.81. The molecule has 0 aromatic carbocycles. The zero-order valence-electron chi connectivity index (χ0n) is 11.5. The topological polar surface area (TPSA) is 41.5 Å². The number of hydrogen-bond acceptors (Lipinski definition) is 3. The Hall–Kier alpha value is -0.540. The predicted octanol–water partition coefficient (Wildman–Crippen LogP) is 2.29. The molecule has 2 N–H and O–H groups in total. The van der Waals surface area contributed by atoms with Gasteiger partial charge in [0.25, 0.3) is 17.8 Å². The van der Waals surface area contributed by atoms with Crippen LogP contribution in [0.4, 0.5) is 26.3 Å². The molecule has 20 heavy (non-hydrogen) atoms. The van der Waals surface area contributed by atoms with Gasteiger partial charge in [0.15, 0.2) is 0 Å². The second kappa shape index (κ2) is 6.48. The van der Waals surface area contributed by atoms with Gasteiger partial charge in [-0.3, -0.25) is 0 Å². The maximum absolute atomic E-state index is 13.3. The molecule has 0 spiro atoms. The van der Waals surface area contributed by atoms with Crippen molar-refractivity contribution in [1.82, 2.24) is 5.32 Å². The SMILES string of the molecule is CC(F)(F)C(C)(C)OCC(F)(F)CNCC(F)(F)CO. The Morgan fingerprint density at radius 2 is 1.35 bits per heavy atom. The van der Waals surface area contributed by atoms with E-state index in [1.165, 1.54) is 0 Å². The number of hydrogen-bond donors (Lipinski definition) is 2. The van der Waals surface area contributed by atoms with E-state index >= 15 is 0 Å². The molecule has 0 rings (SSSR count). The minimum Gasteiger partial charge on any atom is -0.390 e. The van der Waals surface area contributed by atoms with Crippen LogP contribution in [-0.4, -0.2) is 54.8 Å². The van der Waals surface area contributed by atoms with Crippen LogP contribution in [0.15, 0.2) is 0 Å². The highest BCUT2D eigenvalue weighted by atomic mass is 19.3. The van der Waals surface area contributed by atoms with Crippen molar-refractivity contribution in [1.29, 1.82) is 0 Å². The van der Waals surface area contributed by atoms with Crippen molar-refractivity contribution in [2.75, 3.05) is 26.3 Å². The summed E-state index contributed by atoms with van der Waals surface area (Å²) < 4.78 is 82.2. The molecule has 0 bridgehead atoms. The molecule has 0 aromatic heterocycles. The maximum atomic E-state index is 13.3. The molecule has 0 atom stereocenters. The molecule has 0 radical (unpaired) electrons. The normalized spacial score (nSPS) is 14.7. The van der Waals surface area contributed by atoms with Crippen molar-refractivity contribution in [2.24, 2.45) is 0 Å². The largest absolute Gasteiger partial charge is 0.390 e. The molecule has 9 heteroatoms. The Morgan fingerprint density at radius 1 is 0.900 bits per heavy atom. The second-order valence-corrected chi connectivity index (χ2v) is 5.16. The van der Waals surface area contributed by atoms with Gasteiger partial charge < -0.3 is 15.2 Å². The molecule has 3 nitrogen and oxygen atoms in total. The van der Waals surface area contributed by atoms with Crippen LogP contribution in [0.25, 0.3) is 0 Å². The van der Waals surface area contributed by atoms with E-state index in [-0.39, 0.29) is 0 Å². The smallest absolute Gasteiger partial charge is 0.283 e. The molecule has 0 heterocycles. The molecule has 122 valence electrons. The molecular weight excluding hydrogens is 292 g/mol. The molecular formula is C11H19F6NO2. The van der Waals surface area contributed by atoms with Crippen LogP contribution < -0.4 is 5.32 Å². The minimum atomic E-state index is -3.59. The van der Waals surface area contributed by atoms with E-state index in [9.17, 15) is 26.3 Å². The molecule has 0 aliphatic heterocycles. The molecule has 0 aromatic rings. The molecule has 0 amide bonds. The Bertz CT molecular complexity index is 304. The van der Waals surface area contributed by atoms with Gasteiger partial charge in [-0.15, -0.1) is 0 Å². The molecule has 0 saturated heterocycles. The fourth-order valence-corrected chi connectivity index (χ4v) is 0.948. The zero-order valence-corrected chi connectivity index (χ0v) is 11.5. The van der Waals surface area contributed by atoms with Crippen LogP contribution in [0.1, 0.15) is 20.8 Å². The zero-order chi connectivity index (χ0) is 16.2. The highest BCUT2D eigenvalue weighted by Gasteiger charge is 2.45. The van der Waals surface area contributed by atoms with E-state index in [1.807, 2.05) is 0 Å². The van der Waals surface area contributed by atoms with Crippen molar-refractivity contribution < 1.29 is 36.2 Å². The van der Waals surface area contributed by atoms with Crippen molar-refractivity contribution in [3.05, 3.63) is 0 Å². The number of rotatable bonds is 9. The van der Waals surface area contributed by atoms with Crippen LogP contribution in [0.2, 0.25) is 0 Å². The van der Waals surface area contributed by atoms with Crippen molar-refractivity contribution >= 4 is 0 Å². The van der Waals surface area contributed by atoms with Gasteiger partial charge in [0.1, 0.15) is 18.8 Å². The summed E-state index contributed by atoms with van der Waals surface area (Å²) in [6, 6.07) is 0. The number of halogens is 6. The van der Waals surface area contributed by atoms with Crippen molar-refractivity contribution in [3.8, 4) is 0 Å². The number of alkyl halides is 6. The standard InChI is InChI=1S/C11H19F6NO2/c1-8(2,9(3,12)13)20-7-11(16,17)5-18-4-10(14,15)6-19/h18-19H,4-7H2,1-3H3. The number of nitrogens with one attached hydrogen (secondary N) is 1. The first kappa shape index (κ1) is 19.5. The van der Waals surface area contributed by atoms with Crippen LogP contribution in [0, 0.1) is 0 Å². The van der Waals surface area contributed by atoms with Gasteiger partial charge in [0.05, 0.1) is 13.1 Å². The lowest BCUT2D eigenvalue weighted by Crippen LogP contribution is -2.48. The summed E-state index contributed by atoms with van der Waals surface area (Å²) in [6.45, 7) is -2.68. The van der Waals surface area contributed by atoms with E-state index in [0.717, 1.165) is 13.8 Å². The van der Waals surface area contributed by atoms with Gasteiger partial charge in [-0.05, 0) is 13.8 Å². The summed E-state index contributed by atoms with van der Waals surface area (Å²) in [4.78, 5) is 0. The van der Waals surface area contributed by atoms with Crippen molar-refractivity contribution in [2.45, 2.75) is 44.1 Å². The summed E-state index contributed by atoms with van der Waals surface area (Å²) >= 11 is 0. The van der Waals surface area contributed by atoms with Gasteiger partial charge in [0, 0.05) is 6.92 Å². The maximum Gasteiger partial charge on any atom is 0.283 e. The fraction of sp³-hybridized carbons (Fsp3) is 1.00. The highest BCUT2D eigenvalue weighted by molar-refractivity contribution is 4.84. The number of ether oxygens (including phenoxy) is 1. The average Bonchev–Trinajstić information content (AvgIpc) is 2.25. The summed E-state index contributed by atoms with van der Waals surface area (Å²) in [5.41, 5.74) is -2.11. The van der Waals surface area contributed by atoms with Gasteiger partial charge in [0.2, 0.25) is 0 Å². The molecule has 0 fully saturated rings. The summed E-state index contributed by atoms with van der Waals surface area (Å²) in [5, 5.41) is 10.0. The Kier molecular flexibility index (Phi) is 6.31. The van der Waals surface area contributed by atoms with Crippen LogP contribution in [-0.2, 0) is 4.74 Å². The highest BCUT2D eigenvalue weighted by Crippen LogP contribution is 2.32. The molecule has 0 aliphatic carbocycles. The van der Waals surface area contributed by atoms with E-state index < -0.39 is 49.7 Å². The number of aliphatic hydroxyl groups excluding tert-OH is 1. The first-order chi connectivity index (χ1) is 8.72. The molecule has 0 saturated carbocycles. The molecule has 0 unspecified atom stereocenters. The third-order valence-corrected chi connectivity index (χ3v) is 2.70. The minimum absolute atomic E-state index is 0.533. The van der Waals surface area contributed by atoms with Crippen LogP contribution >= 0.6 is 0 Å². The lowest BCUT2D eigenvalue weighted by molar-refractivity contribution is -0.211. The van der Waals surface area contributed by atoms with Crippen LogP contribution in [0.5, 0.6) is 0 Å². The Labute approximate surface area is 113 Å². The summed E-state index contributed by atoms with van der Waals surface area (Å²) in [7, 11) is 0. The third-order valence-electron chi connectivity index (χ3n) is 2.70. The monoisotopic (exact) mass is 311 g/mol. The van der Waals surface area contributed by atoms with Crippen molar-refractivity contribution in [3.63, 3.8) is 0 Å². The Balaban J connectivity index is 4.27. The predicted molar refractivity (Wildman–Crippen MR) is 60.5 cm³/mol.